The molecule has 1 aromatic carbocycles. The Morgan fingerprint density at radius 1 is 1.25 bits per heavy atom. The molecule has 5 nitrogen and oxygen atoms in total. The summed E-state index contributed by atoms with van der Waals surface area (Å²) in [6.07, 6.45) is 0. The Labute approximate surface area is 119 Å². The smallest absolute Gasteiger partial charge is 0.128 e. The van der Waals surface area contributed by atoms with Gasteiger partial charge in [0.25, 0.3) is 0 Å². The number of hydrogen-bond acceptors (Lipinski definition) is 5. The molecule has 5 heteroatoms. The first-order valence-corrected chi connectivity index (χ1v) is 6.54. The van der Waals surface area contributed by atoms with Crippen molar-refractivity contribution in [2.75, 3.05) is 40.2 Å². The van der Waals surface area contributed by atoms with E-state index >= 15 is 0 Å². The monoisotopic (exact) mass is 275 g/mol. The molecule has 0 spiro atoms. The molecule has 0 amide bonds. The zero-order valence-electron chi connectivity index (χ0n) is 12.2. The van der Waals surface area contributed by atoms with E-state index in [9.17, 15) is 0 Å². The normalized spacial score (nSPS) is 11.2. The molecule has 0 fully saturated rings. The predicted octanol–water partition coefficient (Wildman–Crippen LogP) is 1.90. The predicted molar refractivity (Wildman–Crippen MR) is 80.9 cm³/mol. The molecule has 0 aliphatic rings. The van der Waals surface area contributed by atoms with Gasteiger partial charge in [-0.15, -0.1) is 0 Å². The lowest BCUT2D eigenvalue weighted by molar-refractivity contribution is 0.158. The number of nitrogens with two attached hydrogens (primary N) is 1. The first-order chi connectivity index (χ1) is 9.63. The van der Waals surface area contributed by atoms with Crippen LogP contribution in [0.4, 0.5) is 5.82 Å². The lowest BCUT2D eigenvalue weighted by Gasteiger charge is -2.17. The fraction of sp³-hybridized carbons (Fsp3) is 0.400. The van der Waals surface area contributed by atoms with Crippen molar-refractivity contribution in [3.05, 3.63) is 29.8 Å². The highest BCUT2D eigenvalue weighted by Crippen LogP contribution is 2.23. The van der Waals surface area contributed by atoms with E-state index in [1.54, 1.807) is 14.2 Å². The van der Waals surface area contributed by atoms with Crippen LogP contribution in [0.15, 0.2) is 24.3 Å². The minimum absolute atomic E-state index is 0.565. The Kier molecular flexibility index (Phi) is 4.76. The lowest BCUT2D eigenvalue weighted by Crippen LogP contribution is -2.23. The fourth-order valence-corrected chi connectivity index (χ4v) is 2.08. The van der Waals surface area contributed by atoms with Crippen LogP contribution < -0.4 is 10.5 Å². The molecule has 2 aromatic rings. The van der Waals surface area contributed by atoms with Crippen LogP contribution in [0.3, 0.4) is 0 Å². The highest BCUT2D eigenvalue weighted by Gasteiger charge is 2.08. The average Bonchev–Trinajstić information content (AvgIpc) is 2.45. The first-order valence-electron chi connectivity index (χ1n) is 6.54. The zero-order valence-corrected chi connectivity index (χ0v) is 12.2. The Morgan fingerprint density at radius 2 is 2.05 bits per heavy atom. The van der Waals surface area contributed by atoms with Crippen molar-refractivity contribution in [2.45, 2.75) is 6.54 Å². The van der Waals surface area contributed by atoms with Gasteiger partial charge in [-0.25, -0.2) is 4.98 Å². The summed E-state index contributed by atoms with van der Waals surface area (Å²) in [4.78, 5) is 6.62. The fourth-order valence-electron chi connectivity index (χ4n) is 2.08. The van der Waals surface area contributed by atoms with E-state index in [4.69, 9.17) is 15.2 Å². The van der Waals surface area contributed by atoms with Gasteiger partial charge >= 0.3 is 0 Å². The summed E-state index contributed by atoms with van der Waals surface area (Å²) in [6, 6.07) is 7.91. The number of fused-ring (bicyclic) bond motifs is 1. The second-order valence-electron chi connectivity index (χ2n) is 4.82. The summed E-state index contributed by atoms with van der Waals surface area (Å²) in [6.45, 7) is 2.31. The molecule has 0 atom stereocenters. The van der Waals surface area contributed by atoms with Gasteiger partial charge in [0.2, 0.25) is 0 Å². The summed E-state index contributed by atoms with van der Waals surface area (Å²) in [5.41, 5.74) is 7.93. The van der Waals surface area contributed by atoms with Crippen LogP contribution in [0.25, 0.3) is 10.9 Å². The summed E-state index contributed by atoms with van der Waals surface area (Å²) in [7, 11) is 5.38. The molecule has 0 saturated carbocycles. The maximum atomic E-state index is 6.05. The number of ether oxygens (including phenoxy) is 2. The van der Waals surface area contributed by atoms with E-state index in [0.29, 0.717) is 12.4 Å². The number of methoxy groups -OCH3 is 2. The largest absolute Gasteiger partial charge is 0.497 e. The molecule has 0 saturated heterocycles. The molecular formula is C15H21N3O2. The average molecular weight is 275 g/mol. The number of benzene rings is 1. The van der Waals surface area contributed by atoms with Gasteiger partial charge in [0.05, 0.1) is 19.2 Å². The molecule has 0 aliphatic carbocycles. The molecule has 2 rings (SSSR count). The molecule has 1 aromatic heterocycles. The molecule has 20 heavy (non-hydrogen) atoms. The van der Waals surface area contributed by atoms with Gasteiger partial charge < -0.3 is 15.2 Å². The van der Waals surface area contributed by atoms with Crippen LogP contribution in [0.2, 0.25) is 0 Å². The van der Waals surface area contributed by atoms with Crippen LogP contribution in [0.1, 0.15) is 5.56 Å². The third-order valence-electron chi connectivity index (χ3n) is 3.25. The second kappa shape index (κ2) is 6.54. The zero-order chi connectivity index (χ0) is 14.5. The topological polar surface area (TPSA) is 60.6 Å². The Bertz CT molecular complexity index is 587. The number of hydrogen-bond donors (Lipinski definition) is 1. The molecule has 1 heterocycles. The van der Waals surface area contributed by atoms with Gasteiger partial charge in [-0.2, -0.15) is 0 Å². The quantitative estimate of drug-likeness (QED) is 0.872. The summed E-state index contributed by atoms with van der Waals surface area (Å²) in [5.74, 6) is 1.35. The molecule has 0 bridgehead atoms. The van der Waals surface area contributed by atoms with E-state index < -0.39 is 0 Å². The number of nitrogen functional groups attached to an aromatic ring is 1. The van der Waals surface area contributed by atoms with Gasteiger partial charge in [0, 0.05) is 37.2 Å². The second-order valence-corrected chi connectivity index (χ2v) is 4.82. The number of pyridine rings is 1. The van der Waals surface area contributed by atoms with Crippen molar-refractivity contribution in [3.63, 3.8) is 0 Å². The van der Waals surface area contributed by atoms with E-state index in [1.807, 2.05) is 25.2 Å². The first kappa shape index (κ1) is 14.6. The lowest BCUT2D eigenvalue weighted by atomic mass is 10.1. The SMILES string of the molecule is COCCN(C)Cc1cc2ccc(OC)cc2nc1N. The Balaban J connectivity index is 2.24. The van der Waals surface area contributed by atoms with E-state index in [1.165, 1.54) is 0 Å². The molecule has 108 valence electrons. The Hall–Kier alpha value is -1.85. The van der Waals surface area contributed by atoms with Crippen molar-refractivity contribution in [1.29, 1.82) is 0 Å². The van der Waals surface area contributed by atoms with Crippen molar-refractivity contribution in [1.82, 2.24) is 9.88 Å². The third kappa shape index (κ3) is 3.37. The van der Waals surface area contributed by atoms with Crippen molar-refractivity contribution in [3.8, 4) is 5.75 Å². The summed E-state index contributed by atoms with van der Waals surface area (Å²) < 4.78 is 10.3. The number of likely N-dealkylation sites (N-methyl/N-ethyl adjacent to an activating group) is 1. The van der Waals surface area contributed by atoms with Gasteiger partial charge in [-0.1, -0.05) is 0 Å². The van der Waals surface area contributed by atoms with Gasteiger partial charge in [-0.3, -0.25) is 4.90 Å². The maximum absolute atomic E-state index is 6.05. The highest BCUT2D eigenvalue weighted by molar-refractivity contribution is 5.82. The molecular weight excluding hydrogens is 254 g/mol. The number of anilines is 1. The minimum atomic E-state index is 0.565. The van der Waals surface area contributed by atoms with Gasteiger partial charge in [0.15, 0.2) is 0 Å². The molecule has 2 N–H and O–H groups in total. The molecule has 0 unspecified atom stereocenters. The number of aromatic nitrogens is 1. The van der Waals surface area contributed by atoms with Gasteiger partial charge in [0.1, 0.15) is 11.6 Å². The van der Waals surface area contributed by atoms with E-state index in [-0.39, 0.29) is 0 Å². The third-order valence-corrected chi connectivity index (χ3v) is 3.25. The molecule has 0 aliphatic heterocycles. The standard InChI is InChI=1S/C15H21N3O2/c1-18(6-7-19-2)10-12-8-11-4-5-13(20-3)9-14(11)17-15(12)16/h4-5,8-9H,6-7,10H2,1-3H3,(H2,16,17). The molecule has 0 radical (unpaired) electrons. The van der Waals surface area contributed by atoms with Crippen LogP contribution in [0.5, 0.6) is 5.75 Å². The van der Waals surface area contributed by atoms with Crippen LogP contribution in [-0.2, 0) is 11.3 Å². The van der Waals surface area contributed by atoms with Gasteiger partial charge in [-0.05, 0) is 25.2 Å². The van der Waals surface area contributed by atoms with Crippen LogP contribution in [0, 0.1) is 0 Å². The minimum Gasteiger partial charge on any atom is -0.497 e. The van der Waals surface area contributed by atoms with Crippen molar-refractivity contribution in [2.24, 2.45) is 0 Å². The highest BCUT2D eigenvalue weighted by atomic mass is 16.5. The number of nitrogens with zero attached hydrogens (tertiary/aromatic N) is 2. The van der Waals surface area contributed by atoms with E-state index in [0.717, 1.165) is 35.3 Å². The maximum Gasteiger partial charge on any atom is 0.128 e. The summed E-state index contributed by atoms with van der Waals surface area (Å²) in [5, 5.41) is 1.06. The van der Waals surface area contributed by atoms with Crippen LogP contribution >= 0.6 is 0 Å². The number of rotatable bonds is 6. The summed E-state index contributed by atoms with van der Waals surface area (Å²) >= 11 is 0. The van der Waals surface area contributed by atoms with Crippen molar-refractivity contribution < 1.29 is 9.47 Å². The van der Waals surface area contributed by atoms with Crippen molar-refractivity contribution >= 4 is 16.7 Å². The van der Waals surface area contributed by atoms with Crippen LogP contribution in [-0.4, -0.2) is 44.3 Å². The Morgan fingerprint density at radius 3 is 2.75 bits per heavy atom. The van der Waals surface area contributed by atoms with E-state index in [2.05, 4.69) is 16.0 Å².